The number of aryl methyl sites for hydroxylation is 1. The van der Waals surface area contributed by atoms with Crippen LogP contribution in [0.4, 0.5) is 5.95 Å². The van der Waals surface area contributed by atoms with Crippen molar-refractivity contribution in [1.29, 1.82) is 0 Å². The van der Waals surface area contributed by atoms with E-state index in [4.69, 9.17) is 23.2 Å². The molecule has 0 amide bonds. The van der Waals surface area contributed by atoms with Crippen LogP contribution in [-0.2, 0) is 13.6 Å². The maximum atomic E-state index is 6.01. The summed E-state index contributed by atoms with van der Waals surface area (Å²) in [7, 11) is 1.99. The van der Waals surface area contributed by atoms with Crippen LogP contribution in [0.1, 0.15) is 5.56 Å². The molecule has 110 valence electrons. The molecule has 0 spiro atoms. The summed E-state index contributed by atoms with van der Waals surface area (Å²) in [6, 6.07) is 13.6. The summed E-state index contributed by atoms with van der Waals surface area (Å²) in [4.78, 5) is 4.56. The average molecular weight is 343 g/mol. The Labute approximate surface area is 139 Å². The molecule has 0 saturated heterocycles. The van der Waals surface area contributed by atoms with Gasteiger partial charge >= 0.3 is 0 Å². The number of benzene rings is 2. The maximum Gasteiger partial charge on any atom is 0.203 e. The van der Waals surface area contributed by atoms with Gasteiger partial charge in [0.2, 0.25) is 5.95 Å². The number of fused-ring (bicyclic) bond motifs is 1. The summed E-state index contributed by atoms with van der Waals surface area (Å²) >= 11 is 11.9. The zero-order chi connectivity index (χ0) is 14.1. The predicted molar refractivity (Wildman–Crippen MR) is 91.8 cm³/mol. The lowest BCUT2D eigenvalue weighted by Gasteiger charge is -2.07. The molecule has 1 aromatic heterocycles. The summed E-state index contributed by atoms with van der Waals surface area (Å²) in [6.45, 7) is 0.647. The van der Waals surface area contributed by atoms with Gasteiger partial charge in [-0.25, -0.2) is 4.98 Å². The summed E-state index contributed by atoms with van der Waals surface area (Å²) in [5.74, 6) is 0.831. The molecule has 0 unspecified atom stereocenters. The van der Waals surface area contributed by atoms with E-state index in [0.29, 0.717) is 16.6 Å². The van der Waals surface area contributed by atoms with E-state index < -0.39 is 0 Å². The van der Waals surface area contributed by atoms with Crippen molar-refractivity contribution in [2.75, 3.05) is 5.32 Å². The van der Waals surface area contributed by atoms with Gasteiger partial charge in [-0.1, -0.05) is 41.4 Å². The molecule has 0 atom stereocenters. The van der Waals surface area contributed by atoms with E-state index >= 15 is 0 Å². The largest absolute Gasteiger partial charge is 0.352 e. The Balaban J connectivity index is 0.00000161. The quantitative estimate of drug-likeness (QED) is 0.732. The number of halogens is 3. The highest BCUT2D eigenvalue weighted by atomic mass is 35.5. The minimum Gasteiger partial charge on any atom is -0.352 e. The summed E-state index contributed by atoms with van der Waals surface area (Å²) < 4.78 is 2.03. The Morgan fingerprint density at radius 1 is 1.10 bits per heavy atom. The van der Waals surface area contributed by atoms with Crippen LogP contribution in [0.3, 0.4) is 0 Å². The Morgan fingerprint density at radius 2 is 1.86 bits per heavy atom. The van der Waals surface area contributed by atoms with Crippen molar-refractivity contribution in [3.8, 4) is 0 Å². The van der Waals surface area contributed by atoms with Gasteiger partial charge in [-0.2, -0.15) is 0 Å². The van der Waals surface area contributed by atoms with Gasteiger partial charge in [0, 0.05) is 13.6 Å². The SMILES string of the molecule is Cl.Cn1c(NCc2ccc(Cl)c(Cl)c2)nc2ccccc21. The fourth-order valence-corrected chi connectivity index (χ4v) is 2.46. The minimum atomic E-state index is 0. The molecule has 0 aliphatic rings. The fourth-order valence-electron chi connectivity index (χ4n) is 2.13. The molecule has 0 radical (unpaired) electrons. The number of aromatic nitrogens is 2. The highest BCUT2D eigenvalue weighted by molar-refractivity contribution is 6.42. The molecular formula is C15H14Cl3N3. The van der Waals surface area contributed by atoms with Crippen molar-refractivity contribution in [2.24, 2.45) is 7.05 Å². The molecule has 0 aliphatic carbocycles. The molecule has 21 heavy (non-hydrogen) atoms. The summed E-state index contributed by atoms with van der Waals surface area (Å²) in [6.07, 6.45) is 0. The Morgan fingerprint density at radius 3 is 2.57 bits per heavy atom. The van der Waals surface area contributed by atoms with Crippen LogP contribution in [-0.4, -0.2) is 9.55 Å². The molecule has 0 saturated carbocycles. The number of para-hydroxylation sites is 2. The Kier molecular flexibility index (Phi) is 4.99. The first kappa shape index (κ1) is 16.0. The smallest absolute Gasteiger partial charge is 0.203 e. The number of nitrogens with one attached hydrogen (secondary N) is 1. The van der Waals surface area contributed by atoms with E-state index in [1.54, 1.807) is 6.07 Å². The molecule has 0 fully saturated rings. The summed E-state index contributed by atoms with van der Waals surface area (Å²) in [5.41, 5.74) is 3.14. The molecule has 3 rings (SSSR count). The molecule has 0 bridgehead atoms. The van der Waals surface area contributed by atoms with Crippen LogP contribution < -0.4 is 5.32 Å². The van der Waals surface area contributed by atoms with E-state index in [9.17, 15) is 0 Å². The molecule has 6 heteroatoms. The van der Waals surface area contributed by atoms with Gasteiger partial charge in [-0.15, -0.1) is 12.4 Å². The molecule has 1 heterocycles. The molecular weight excluding hydrogens is 329 g/mol. The second kappa shape index (κ2) is 6.56. The highest BCUT2D eigenvalue weighted by Gasteiger charge is 2.06. The monoisotopic (exact) mass is 341 g/mol. The van der Waals surface area contributed by atoms with E-state index in [0.717, 1.165) is 22.5 Å². The second-order valence-electron chi connectivity index (χ2n) is 4.59. The second-order valence-corrected chi connectivity index (χ2v) is 5.40. The van der Waals surface area contributed by atoms with Crippen LogP contribution in [0.15, 0.2) is 42.5 Å². The van der Waals surface area contributed by atoms with E-state index in [1.165, 1.54) is 0 Å². The third-order valence-corrected chi connectivity index (χ3v) is 3.96. The Bertz CT molecular complexity index is 768. The van der Waals surface area contributed by atoms with Crippen LogP contribution in [0, 0.1) is 0 Å². The van der Waals surface area contributed by atoms with Crippen LogP contribution in [0.5, 0.6) is 0 Å². The average Bonchev–Trinajstić information content (AvgIpc) is 2.77. The van der Waals surface area contributed by atoms with Gasteiger partial charge < -0.3 is 9.88 Å². The van der Waals surface area contributed by atoms with Gasteiger partial charge in [0.05, 0.1) is 21.1 Å². The topological polar surface area (TPSA) is 29.9 Å². The van der Waals surface area contributed by atoms with Crippen molar-refractivity contribution >= 4 is 52.6 Å². The molecule has 2 aromatic carbocycles. The van der Waals surface area contributed by atoms with Crippen molar-refractivity contribution in [2.45, 2.75) is 6.54 Å². The number of rotatable bonds is 3. The zero-order valence-corrected chi connectivity index (χ0v) is 13.6. The summed E-state index contributed by atoms with van der Waals surface area (Å²) in [5, 5.41) is 4.45. The van der Waals surface area contributed by atoms with Crippen LogP contribution in [0.2, 0.25) is 10.0 Å². The number of anilines is 1. The van der Waals surface area contributed by atoms with Crippen molar-refractivity contribution in [3.05, 3.63) is 58.1 Å². The molecule has 0 aliphatic heterocycles. The lowest BCUT2D eigenvalue weighted by atomic mass is 10.2. The van der Waals surface area contributed by atoms with Crippen molar-refractivity contribution in [3.63, 3.8) is 0 Å². The predicted octanol–water partition coefficient (Wildman–Crippen LogP) is 4.91. The van der Waals surface area contributed by atoms with Gasteiger partial charge in [0.25, 0.3) is 0 Å². The first-order valence-electron chi connectivity index (χ1n) is 6.24. The van der Waals surface area contributed by atoms with Crippen LogP contribution >= 0.6 is 35.6 Å². The van der Waals surface area contributed by atoms with Crippen molar-refractivity contribution in [1.82, 2.24) is 9.55 Å². The number of hydrogen-bond acceptors (Lipinski definition) is 2. The standard InChI is InChI=1S/C15H13Cl2N3.ClH/c1-20-14-5-3-2-4-13(14)19-15(20)18-9-10-6-7-11(16)12(17)8-10;/h2-8H,9H2,1H3,(H,18,19);1H. The first-order valence-corrected chi connectivity index (χ1v) is 7.00. The van der Waals surface area contributed by atoms with Crippen molar-refractivity contribution < 1.29 is 0 Å². The highest BCUT2D eigenvalue weighted by Crippen LogP contribution is 2.23. The fraction of sp³-hybridized carbons (Fsp3) is 0.133. The normalized spacial score (nSPS) is 10.4. The molecule has 1 N–H and O–H groups in total. The maximum absolute atomic E-state index is 6.01. The first-order chi connectivity index (χ1) is 9.65. The van der Waals surface area contributed by atoms with E-state index in [-0.39, 0.29) is 12.4 Å². The lowest BCUT2D eigenvalue weighted by molar-refractivity contribution is 0.927. The number of hydrogen-bond donors (Lipinski definition) is 1. The van der Waals surface area contributed by atoms with Crippen LogP contribution in [0.25, 0.3) is 11.0 Å². The molecule has 3 nitrogen and oxygen atoms in total. The van der Waals surface area contributed by atoms with Gasteiger partial charge in [0.15, 0.2) is 0 Å². The van der Waals surface area contributed by atoms with Gasteiger partial charge in [-0.3, -0.25) is 0 Å². The van der Waals surface area contributed by atoms with E-state index in [2.05, 4.69) is 10.3 Å². The van der Waals surface area contributed by atoms with Gasteiger partial charge in [0.1, 0.15) is 0 Å². The lowest BCUT2D eigenvalue weighted by Crippen LogP contribution is -2.04. The third-order valence-electron chi connectivity index (χ3n) is 3.22. The zero-order valence-electron chi connectivity index (χ0n) is 11.3. The Hall–Kier alpha value is -1.42. The minimum absolute atomic E-state index is 0. The number of nitrogens with zero attached hydrogens (tertiary/aromatic N) is 2. The number of imidazole rings is 1. The van der Waals surface area contributed by atoms with E-state index in [1.807, 2.05) is 48.0 Å². The molecule has 3 aromatic rings. The third kappa shape index (κ3) is 3.26. The van der Waals surface area contributed by atoms with Gasteiger partial charge in [-0.05, 0) is 29.8 Å².